The molecule has 0 radical (unpaired) electrons. The number of nitriles is 1. The Bertz CT molecular complexity index is 664. The van der Waals surface area contributed by atoms with Crippen molar-refractivity contribution in [3.05, 3.63) is 17.9 Å². The van der Waals surface area contributed by atoms with Gasteiger partial charge in [-0.1, -0.05) is 0 Å². The van der Waals surface area contributed by atoms with Crippen LogP contribution >= 0.6 is 0 Å². The number of ether oxygens (including phenoxy) is 1. The zero-order valence-electron chi connectivity index (χ0n) is 12.4. The molecule has 0 spiro atoms. The fourth-order valence-electron chi connectivity index (χ4n) is 2.45. The van der Waals surface area contributed by atoms with Gasteiger partial charge in [-0.05, 0) is 13.5 Å². The second kappa shape index (κ2) is 6.52. The number of nitrogens with one attached hydrogen (secondary N) is 1. The molecule has 2 rings (SSSR count). The third kappa shape index (κ3) is 4.05. The largest absolute Gasteiger partial charge is 0.573 e. The van der Waals surface area contributed by atoms with Crippen molar-refractivity contribution < 1.29 is 32.2 Å². The van der Waals surface area contributed by atoms with E-state index < -0.39 is 47.2 Å². The molecule has 0 aliphatic carbocycles. The number of amides is 1. The summed E-state index contributed by atoms with van der Waals surface area (Å²) in [6.07, 6.45) is -4.80. The van der Waals surface area contributed by atoms with Crippen molar-refractivity contribution in [2.24, 2.45) is 5.92 Å². The minimum atomic E-state index is -5.04. The summed E-state index contributed by atoms with van der Waals surface area (Å²) < 4.78 is 53.7. The zero-order valence-corrected chi connectivity index (χ0v) is 12.4. The molecular formula is C14H13F4N3O3. The monoisotopic (exact) mass is 347 g/mol. The highest BCUT2D eigenvalue weighted by Gasteiger charge is 2.35. The molecule has 24 heavy (non-hydrogen) atoms. The Morgan fingerprint density at radius 2 is 2.17 bits per heavy atom. The van der Waals surface area contributed by atoms with Crippen LogP contribution in [0.1, 0.15) is 6.42 Å². The lowest BCUT2D eigenvalue weighted by atomic mass is 10.1. The van der Waals surface area contributed by atoms with E-state index in [0.717, 1.165) is 0 Å². The number of nitrogens with zero attached hydrogens (tertiary/aromatic N) is 2. The minimum absolute atomic E-state index is 0.233. The molecule has 2 N–H and O–H groups in total. The van der Waals surface area contributed by atoms with Crippen LogP contribution in [-0.2, 0) is 4.79 Å². The van der Waals surface area contributed by atoms with Crippen molar-refractivity contribution in [3.63, 3.8) is 0 Å². The number of hydrogen-bond donors (Lipinski definition) is 2. The summed E-state index contributed by atoms with van der Waals surface area (Å²) in [5.41, 5.74) is -0.641. The number of hydrogen-bond acceptors (Lipinski definition) is 5. The number of carbonyl (C=O) groups is 1. The topological polar surface area (TPSA) is 85.6 Å². The van der Waals surface area contributed by atoms with E-state index in [-0.39, 0.29) is 13.0 Å². The van der Waals surface area contributed by atoms with Crippen molar-refractivity contribution >= 4 is 11.6 Å². The molecule has 1 amide bonds. The van der Waals surface area contributed by atoms with Crippen molar-refractivity contribution in [1.82, 2.24) is 4.90 Å². The quantitative estimate of drug-likeness (QED) is 0.647. The third-order valence-corrected chi connectivity index (χ3v) is 3.59. The van der Waals surface area contributed by atoms with E-state index in [1.54, 1.807) is 11.9 Å². The van der Waals surface area contributed by atoms with E-state index in [0.29, 0.717) is 12.1 Å². The Hall–Kier alpha value is -2.54. The second-order valence-electron chi connectivity index (χ2n) is 5.35. The minimum Gasteiger partial charge on any atom is -0.506 e. The number of anilines is 1. The molecule has 1 aliphatic rings. The fourth-order valence-corrected chi connectivity index (χ4v) is 2.45. The van der Waals surface area contributed by atoms with Crippen molar-refractivity contribution in [1.29, 1.82) is 5.26 Å². The predicted molar refractivity (Wildman–Crippen MR) is 73.5 cm³/mol. The highest BCUT2D eigenvalue weighted by molar-refractivity contribution is 5.94. The van der Waals surface area contributed by atoms with Gasteiger partial charge in [-0.3, -0.25) is 9.69 Å². The van der Waals surface area contributed by atoms with Gasteiger partial charge in [-0.2, -0.15) is 5.26 Å². The van der Waals surface area contributed by atoms with Gasteiger partial charge in [-0.15, -0.1) is 13.2 Å². The van der Waals surface area contributed by atoms with Gasteiger partial charge in [0.05, 0.1) is 18.0 Å². The lowest BCUT2D eigenvalue weighted by Crippen LogP contribution is -2.26. The van der Waals surface area contributed by atoms with Crippen molar-refractivity contribution in [2.75, 3.05) is 18.9 Å². The maximum absolute atomic E-state index is 13.9. The molecule has 0 aromatic heterocycles. The summed E-state index contributed by atoms with van der Waals surface area (Å²) in [5, 5.41) is 20.7. The van der Waals surface area contributed by atoms with Gasteiger partial charge in [0.2, 0.25) is 5.91 Å². The molecule has 0 bridgehead atoms. The third-order valence-electron chi connectivity index (χ3n) is 3.59. The van der Waals surface area contributed by atoms with Gasteiger partial charge < -0.3 is 15.2 Å². The lowest BCUT2D eigenvalue weighted by molar-refractivity contribution is -0.274. The first-order valence-corrected chi connectivity index (χ1v) is 6.79. The molecule has 10 heteroatoms. The van der Waals surface area contributed by atoms with E-state index >= 15 is 0 Å². The number of phenolic OH excluding ortho intramolecular Hbond substituents is 1. The average molecular weight is 347 g/mol. The molecule has 1 unspecified atom stereocenters. The first-order chi connectivity index (χ1) is 11.1. The Balaban J connectivity index is 2.13. The molecule has 2 atom stereocenters. The molecule has 1 saturated heterocycles. The Morgan fingerprint density at radius 1 is 1.50 bits per heavy atom. The molecule has 0 saturated carbocycles. The maximum Gasteiger partial charge on any atom is 0.573 e. The van der Waals surface area contributed by atoms with Gasteiger partial charge in [0.15, 0.2) is 5.82 Å². The molecule has 1 aromatic rings. The van der Waals surface area contributed by atoms with Crippen LogP contribution in [0.2, 0.25) is 0 Å². The second-order valence-corrected chi connectivity index (χ2v) is 5.35. The Morgan fingerprint density at radius 3 is 2.67 bits per heavy atom. The van der Waals surface area contributed by atoms with E-state index in [9.17, 15) is 27.5 Å². The van der Waals surface area contributed by atoms with Crippen LogP contribution < -0.4 is 10.1 Å². The van der Waals surface area contributed by atoms with E-state index in [1.165, 1.54) is 0 Å². The smallest absolute Gasteiger partial charge is 0.506 e. The Kier molecular flexibility index (Phi) is 4.84. The lowest BCUT2D eigenvalue weighted by Gasteiger charge is -2.14. The van der Waals surface area contributed by atoms with Crippen LogP contribution in [0.3, 0.4) is 0 Å². The van der Waals surface area contributed by atoms with Gasteiger partial charge in [0.25, 0.3) is 0 Å². The van der Waals surface area contributed by atoms with Crippen LogP contribution in [0.4, 0.5) is 23.2 Å². The number of halogens is 4. The SMILES string of the molecule is CN1C[C@@H](C(=O)Nc2c(O)cc(OC(F)(F)F)cc2F)CC1C#N. The number of aromatic hydroxyl groups is 1. The molecule has 1 heterocycles. The summed E-state index contributed by atoms with van der Waals surface area (Å²) in [4.78, 5) is 13.8. The van der Waals surface area contributed by atoms with Crippen LogP contribution in [0.5, 0.6) is 11.5 Å². The predicted octanol–water partition coefficient (Wildman–Crippen LogP) is 2.21. The standard InChI is InChI=1S/C14H13F4N3O3/c1-21-6-7(2-8(21)5-19)13(23)20-12-10(15)3-9(4-11(12)22)24-14(16,17)18/h3-4,7-8,22H,2,6H2,1H3,(H,20,23)/t7-,8?/m0/s1. The van der Waals surface area contributed by atoms with Crippen LogP contribution in [0.15, 0.2) is 12.1 Å². The number of alkyl halides is 3. The van der Waals surface area contributed by atoms with Crippen LogP contribution in [-0.4, -0.2) is 41.9 Å². The molecule has 1 fully saturated rings. The first-order valence-electron chi connectivity index (χ1n) is 6.79. The highest BCUT2D eigenvalue weighted by Crippen LogP contribution is 2.35. The molecule has 6 nitrogen and oxygen atoms in total. The Labute approximate surface area is 134 Å². The molecule has 130 valence electrons. The number of phenols is 1. The number of carbonyl (C=O) groups excluding carboxylic acids is 1. The number of likely N-dealkylation sites (tertiary alicyclic amines) is 1. The summed E-state index contributed by atoms with van der Waals surface area (Å²) in [6.45, 7) is 0.266. The summed E-state index contributed by atoms with van der Waals surface area (Å²) in [6, 6.07) is 2.51. The molecule has 1 aromatic carbocycles. The molecule has 1 aliphatic heterocycles. The zero-order chi connectivity index (χ0) is 18.1. The van der Waals surface area contributed by atoms with Gasteiger partial charge >= 0.3 is 6.36 Å². The van der Waals surface area contributed by atoms with Gasteiger partial charge in [0, 0.05) is 18.7 Å². The highest BCUT2D eigenvalue weighted by atomic mass is 19.4. The van der Waals surface area contributed by atoms with Gasteiger partial charge in [-0.25, -0.2) is 4.39 Å². The number of rotatable bonds is 3. The van der Waals surface area contributed by atoms with Crippen molar-refractivity contribution in [3.8, 4) is 17.6 Å². The van der Waals surface area contributed by atoms with Gasteiger partial charge in [0.1, 0.15) is 17.2 Å². The summed E-state index contributed by atoms with van der Waals surface area (Å²) in [7, 11) is 1.66. The maximum atomic E-state index is 13.9. The van der Waals surface area contributed by atoms with E-state index in [4.69, 9.17) is 5.26 Å². The fraction of sp³-hybridized carbons (Fsp3) is 0.429. The van der Waals surface area contributed by atoms with E-state index in [2.05, 4.69) is 10.1 Å². The summed E-state index contributed by atoms with van der Waals surface area (Å²) in [5.74, 6) is -4.36. The average Bonchev–Trinajstić information content (AvgIpc) is 2.82. The normalized spacial score (nSPS) is 21.3. The van der Waals surface area contributed by atoms with E-state index in [1.807, 2.05) is 6.07 Å². The van der Waals surface area contributed by atoms with Crippen LogP contribution in [0.25, 0.3) is 0 Å². The first kappa shape index (κ1) is 17.8. The summed E-state index contributed by atoms with van der Waals surface area (Å²) >= 11 is 0. The van der Waals surface area contributed by atoms with Crippen LogP contribution in [0, 0.1) is 23.1 Å². The molecular weight excluding hydrogens is 334 g/mol. The number of benzene rings is 1. The van der Waals surface area contributed by atoms with Crippen molar-refractivity contribution in [2.45, 2.75) is 18.8 Å².